The normalized spacial score (nSPS) is 21.1. The van der Waals surface area contributed by atoms with Gasteiger partial charge in [0.25, 0.3) is 0 Å². The molecule has 1 saturated carbocycles. The van der Waals surface area contributed by atoms with Gasteiger partial charge in [0.1, 0.15) is 16.3 Å². The predicted octanol–water partition coefficient (Wildman–Crippen LogP) is 8.07. The Balaban J connectivity index is 1.43. The molecule has 1 fully saturated rings. The van der Waals surface area contributed by atoms with E-state index in [1.807, 2.05) is 54.6 Å². The minimum absolute atomic E-state index is 0.126. The molecule has 1 heterocycles. The number of ether oxygens (including phenoxy) is 1. The van der Waals surface area contributed by atoms with Crippen molar-refractivity contribution in [3.63, 3.8) is 0 Å². The Labute approximate surface area is 212 Å². The van der Waals surface area contributed by atoms with E-state index in [0.29, 0.717) is 17.2 Å². The Kier molecular flexibility index (Phi) is 7.29. The molecule has 5 rings (SSSR count). The molecule has 3 aromatic rings. The van der Waals surface area contributed by atoms with Gasteiger partial charge in [-0.05, 0) is 54.4 Å². The summed E-state index contributed by atoms with van der Waals surface area (Å²) in [7, 11) is 0. The summed E-state index contributed by atoms with van der Waals surface area (Å²) in [6.07, 6.45) is 7.81. The summed E-state index contributed by atoms with van der Waals surface area (Å²) in [5, 5.41) is 11.3. The minimum Gasteiger partial charge on any atom is -0.511 e. The number of hydrogen-bond donors (Lipinski definition) is 1. The second kappa shape index (κ2) is 10.7. The number of aryl methyl sites for hydroxylation is 1. The first-order valence-electron chi connectivity index (χ1n) is 12.7. The molecule has 1 aliphatic heterocycles. The van der Waals surface area contributed by atoms with Crippen molar-refractivity contribution >= 4 is 17.7 Å². The first-order chi connectivity index (χ1) is 17.1. The highest BCUT2D eigenvalue weighted by atomic mass is 32.2. The monoisotopic (exact) mass is 484 g/mol. The first-order valence-corrected chi connectivity index (χ1v) is 13.5. The van der Waals surface area contributed by atoms with Gasteiger partial charge >= 0.3 is 5.97 Å². The molecule has 0 spiro atoms. The highest BCUT2D eigenvalue weighted by molar-refractivity contribution is 8.04. The number of aliphatic hydroxyl groups is 1. The molecule has 1 aliphatic carbocycles. The van der Waals surface area contributed by atoms with Crippen molar-refractivity contribution in [2.75, 3.05) is 0 Å². The molecule has 3 nitrogen and oxygen atoms in total. The van der Waals surface area contributed by atoms with Crippen LogP contribution in [0.3, 0.4) is 0 Å². The van der Waals surface area contributed by atoms with Gasteiger partial charge < -0.3 is 9.84 Å². The van der Waals surface area contributed by atoms with Crippen LogP contribution in [0.4, 0.5) is 0 Å². The highest BCUT2D eigenvalue weighted by Crippen LogP contribution is 2.47. The van der Waals surface area contributed by atoms with E-state index in [0.717, 1.165) is 16.9 Å². The van der Waals surface area contributed by atoms with Gasteiger partial charge in [-0.25, -0.2) is 4.79 Å². The molecule has 0 amide bonds. The zero-order valence-electron chi connectivity index (χ0n) is 20.0. The Morgan fingerprint density at radius 3 is 2.23 bits per heavy atom. The third kappa shape index (κ3) is 5.33. The van der Waals surface area contributed by atoms with Crippen LogP contribution in [0.2, 0.25) is 0 Å². The van der Waals surface area contributed by atoms with E-state index in [-0.39, 0.29) is 12.2 Å². The molecule has 0 aromatic heterocycles. The van der Waals surface area contributed by atoms with Gasteiger partial charge in [0.05, 0.1) is 6.42 Å². The van der Waals surface area contributed by atoms with Crippen LogP contribution in [0.5, 0.6) is 0 Å². The summed E-state index contributed by atoms with van der Waals surface area (Å²) in [6, 6.07) is 28.4. The number of hydrogen-bond acceptors (Lipinski definition) is 4. The summed E-state index contributed by atoms with van der Waals surface area (Å²) in [6.45, 7) is 0. The van der Waals surface area contributed by atoms with E-state index in [1.165, 1.54) is 55.0 Å². The van der Waals surface area contributed by atoms with Crippen LogP contribution in [0, 0.1) is 0 Å². The lowest BCUT2D eigenvalue weighted by molar-refractivity contribution is -0.160. The number of aliphatic hydroxyl groups excluding tert-OH is 1. The van der Waals surface area contributed by atoms with Crippen LogP contribution in [0.15, 0.2) is 100 Å². The summed E-state index contributed by atoms with van der Waals surface area (Å²) < 4.78 is 6.24. The average Bonchev–Trinajstić information content (AvgIpc) is 2.91. The maximum Gasteiger partial charge on any atom is 0.349 e. The lowest BCUT2D eigenvalue weighted by Crippen LogP contribution is -2.38. The summed E-state index contributed by atoms with van der Waals surface area (Å²) >= 11 is 1.37. The maximum absolute atomic E-state index is 13.4. The van der Waals surface area contributed by atoms with E-state index in [4.69, 9.17) is 4.74 Å². The van der Waals surface area contributed by atoms with Crippen LogP contribution >= 0.6 is 11.8 Å². The topological polar surface area (TPSA) is 46.5 Å². The summed E-state index contributed by atoms with van der Waals surface area (Å²) in [5.41, 5.74) is 2.51. The van der Waals surface area contributed by atoms with E-state index in [2.05, 4.69) is 30.3 Å². The molecule has 3 aromatic carbocycles. The van der Waals surface area contributed by atoms with E-state index < -0.39 is 11.6 Å². The number of thioether (sulfide) groups is 1. The van der Waals surface area contributed by atoms with Crippen molar-refractivity contribution in [3.8, 4) is 0 Å². The first kappa shape index (κ1) is 23.7. The fraction of sp³-hybridized carbons (Fsp3) is 0.323. The third-order valence-electron chi connectivity index (χ3n) is 7.32. The Morgan fingerprint density at radius 2 is 1.51 bits per heavy atom. The van der Waals surface area contributed by atoms with Crippen molar-refractivity contribution < 1.29 is 14.6 Å². The predicted molar refractivity (Wildman–Crippen MR) is 141 cm³/mol. The van der Waals surface area contributed by atoms with E-state index in [1.54, 1.807) is 0 Å². The zero-order valence-corrected chi connectivity index (χ0v) is 20.8. The van der Waals surface area contributed by atoms with Crippen molar-refractivity contribution in [2.24, 2.45) is 0 Å². The van der Waals surface area contributed by atoms with Gasteiger partial charge in [-0.1, -0.05) is 110 Å². The minimum atomic E-state index is -0.884. The molecule has 0 bridgehead atoms. The fourth-order valence-electron chi connectivity index (χ4n) is 5.44. The number of carbonyl (C=O) groups excluding carboxylic acids is 1. The van der Waals surface area contributed by atoms with Gasteiger partial charge in [0.2, 0.25) is 0 Å². The van der Waals surface area contributed by atoms with Crippen molar-refractivity contribution in [1.29, 1.82) is 0 Å². The van der Waals surface area contributed by atoms with E-state index >= 15 is 0 Å². The molecule has 2 aliphatic rings. The number of carbonyl (C=O) groups is 1. The van der Waals surface area contributed by atoms with Gasteiger partial charge in [0, 0.05) is 4.90 Å². The zero-order chi connectivity index (χ0) is 24.1. The largest absolute Gasteiger partial charge is 0.511 e. The lowest BCUT2D eigenvalue weighted by Gasteiger charge is -2.37. The van der Waals surface area contributed by atoms with Crippen LogP contribution in [-0.4, -0.2) is 11.1 Å². The quantitative estimate of drug-likeness (QED) is 0.344. The standard InChI is InChI=1S/C31H32O3S/c32-27-22-31(25-16-8-3-9-17-25,21-20-23-12-4-1-5-13-23)34-30(33)29(27)35-28-19-11-10-18-26(28)24-14-6-2-7-15-24/h1,3-5,8-13,16-19,24,32H,2,6-7,14-15,20-22H2. The molecule has 4 heteroatoms. The van der Waals surface area contributed by atoms with Gasteiger partial charge in [-0.3, -0.25) is 0 Å². The Hall–Kier alpha value is -2.98. The molecule has 0 radical (unpaired) electrons. The highest BCUT2D eigenvalue weighted by Gasteiger charge is 2.43. The smallest absolute Gasteiger partial charge is 0.349 e. The summed E-state index contributed by atoms with van der Waals surface area (Å²) in [4.78, 5) is 14.8. The van der Waals surface area contributed by atoms with Crippen LogP contribution in [-0.2, 0) is 21.6 Å². The molecule has 0 saturated heterocycles. The molecule has 1 unspecified atom stereocenters. The summed E-state index contributed by atoms with van der Waals surface area (Å²) in [5.74, 6) is 0.208. The van der Waals surface area contributed by atoms with Gasteiger partial charge in [0.15, 0.2) is 0 Å². The number of rotatable bonds is 7. The fourth-order valence-corrected chi connectivity index (χ4v) is 6.47. The van der Waals surface area contributed by atoms with Crippen LogP contribution in [0.25, 0.3) is 0 Å². The molecule has 1 N–H and O–H groups in total. The Morgan fingerprint density at radius 1 is 0.857 bits per heavy atom. The van der Waals surface area contributed by atoms with Crippen LogP contribution < -0.4 is 0 Å². The Bertz CT molecular complexity index is 1180. The number of cyclic esters (lactones) is 1. The van der Waals surface area contributed by atoms with Gasteiger partial charge in [-0.15, -0.1) is 0 Å². The van der Waals surface area contributed by atoms with Crippen LogP contribution in [0.1, 0.15) is 67.6 Å². The van der Waals surface area contributed by atoms with Crippen molar-refractivity contribution in [1.82, 2.24) is 0 Å². The second-order valence-electron chi connectivity index (χ2n) is 9.66. The van der Waals surface area contributed by atoms with E-state index in [9.17, 15) is 9.90 Å². The molecular formula is C31H32O3S. The maximum atomic E-state index is 13.4. The molecule has 1 atom stereocenters. The third-order valence-corrected chi connectivity index (χ3v) is 8.52. The van der Waals surface area contributed by atoms with Gasteiger partial charge in [-0.2, -0.15) is 0 Å². The lowest BCUT2D eigenvalue weighted by atomic mass is 9.82. The SMILES string of the molecule is O=C1OC(CCc2ccccc2)(c2ccccc2)CC(O)=C1Sc1ccccc1C1CCCCC1. The number of esters is 1. The molecular weight excluding hydrogens is 452 g/mol. The molecule has 35 heavy (non-hydrogen) atoms. The molecule has 180 valence electrons. The van der Waals surface area contributed by atoms with Crippen molar-refractivity contribution in [2.45, 2.75) is 67.8 Å². The average molecular weight is 485 g/mol. The van der Waals surface area contributed by atoms with Crippen molar-refractivity contribution in [3.05, 3.63) is 112 Å². The number of benzene rings is 3. The second-order valence-corrected chi connectivity index (χ2v) is 10.7.